The molecule has 3 rings (SSSR count). The van der Waals surface area contributed by atoms with Crippen molar-refractivity contribution in [1.29, 1.82) is 0 Å². The first-order chi connectivity index (χ1) is 11.7. The molecule has 7 nitrogen and oxygen atoms in total. The Kier molecular flexibility index (Phi) is 6.67. The lowest BCUT2D eigenvalue weighted by Crippen LogP contribution is -2.61. The first kappa shape index (κ1) is 22.2. The van der Waals surface area contributed by atoms with E-state index < -0.39 is 24.1 Å². The van der Waals surface area contributed by atoms with Crippen molar-refractivity contribution >= 4 is 17.9 Å². The van der Waals surface area contributed by atoms with Crippen LogP contribution in [0.2, 0.25) is 0 Å². The topological polar surface area (TPSA) is 115 Å². The molecule has 0 unspecified atom stereocenters. The van der Waals surface area contributed by atoms with Crippen molar-refractivity contribution in [3.05, 3.63) is 0 Å². The molecule has 0 aliphatic heterocycles. The molecule has 0 heterocycles. The van der Waals surface area contributed by atoms with Gasteiger partial charge in [0, 0.05) is 6.04 Å². The number of nitrogens with zero attached hydrogens (tertiary/aromatic N) is 1. The molecule has 0 radical (unpaired) electrons. The molecular weight excluding hydrogens is 359 g/mol. The molecule has 0 amide bonds. The summed E-state index contributed by atoms with van der Waals surface area (Å²) in [5.74, 6) is -3.12. The molecular formula is C16H24F3NO6. The molecule has 4 atom stereocenters. The number of aliphatic carboxylic acids is 3. The maximum atomic E-state index is 10.9. The van der Waals surface area contributed by atoms with Crippen LogP contribution in [-0.4, -0.2) is 63.4 Å². The average molecular weight is 383 g/mol. The Morgan fingerprint density at radius 1 is 1.04 bits per heavy atom. The molecule has 3 aliphatic carbocycles. The van der Waals surface area contributed by atoms with Gasteiger partial charge in [-0.15, -0.1) is 0 Å². The molecule has 0 aromatic rings. The van der Waals surface area contributed by atoms with Crippen molar-refractivity contribution in [2.24, 2.45) is 23.2 Å². The first-order valence-corrected chi connectivity index (χ1v) is 8.15. The smallest absolute Gasteiger partial charge is 0.480 e. The predicted molar refractivity (Wildman–Crippen MR) is 83.5 cm³/mol. The maximum Gasteiger partial charge on any atom is 0.490 e. The Morgan fingerprint density at radius 2 is 1.46 bits per heavy atom. The van der Waals surface area contributed by atoms with Crippen LogP contribution >= 0.6 is 0 Å². The SMILES string of the molecule is C[C@H]1[C@H](N(CC(=O)O)CC(=O)O)C[C@@H]2C[C@H]1C2(C)C.O=C(O)C(F)(F)F. The first-order valence-electron chi connectivity index (χ1n) is 8.15. The van der Waals surface area contributed by atoms with Gasteiger partial charge in [-0.1, -0.05) is 20.8 Å². The summed E-state index contributed by atoms with van der Waals surface area (Å²) < 4.78 is 31.7. The molecule has 3 aliphatic rings. The van der Waals surface area contributed by atoms with E-state index in [-0.39, 0.29) is 19.1 Å². The predicted octanol–water partition coefficient (Wildman–Crippen LogP) is 2.16. The van der Waals surface area contributed by atoms with Crippen molar-refractivity contribution in [2.75, 3.05) is 13.1 Å². The van der Waals surface area contributed by atoms with E-state index in [4.69, 9.17) is 20.1 Å². The number of rotatable bonds is 5. The van der Waals surface area contributed by atoms with Gasteiger partial charge in [-0.3, -0.25) is 14.5 Å². The third-order valence-corrected chi connectivity index (χ3v) is 5.70. The van der Waals surface area contributed by atoms with Crippen molar-refractivity contribution < 1.29 is 42.9 Å². The second kappa shape index (κ2) is 7.81. The summed E-state index contributed by atoms with van der Waals surface area (Å²) in [5.41, 5.74) is 0.327. The van der Waals surface area contributed by atoms with Crippen LogP contribution in [0.25, 0.3) is 0 Å². The monoisotopic (exact) mass is 383 g/mol. The van der Waals surface area contributed by atoms with Crippen LogP contribution in [0, 0.1) is 23.2 Å². The van der Waals surface area contributed by atoms with E-state index in [0.29, 0.717) is 23.2 Å². The standard InChI is InChI=1S/C14H23NO4.C2HF3O2/c1-8-10-4-9(14(10,2)3)5-11(8)15(6-12(16)17)7-13(18)19;3-2(4,5)1(6)7/h8-11H,4-7H2,1-3H3,(H,16,17)(H,18,19);(H,6,7)/t8-,9+,10-,11-;/m1./s1. The van der Waals surface area contributed by atoms with E-state index in [1.165, 1.54) is 6.42 Å². The van der Waals surface area contributed by atoms with Crippen LogP contribution < -0.4 is 0 Å². The van der Waals surface area contributed by atoms with Gasteiger partial charge < -0.3 is 15.3 Å². The number of carbonyl (C=O) groups is 3. The number of alkyl halides is 3. The van der Waals surface area contributed by atoms with Gasteiger partial charge >= 0.3 is 24.1 Å². The Hall–Kier alpha value is -1.84. The average Bonchev–Trinajstić information content (AvgIpc) is 2.44. The quantitative estimate of drug-likeness (QED) is 0.666. The van der Waals surface area contributed by atoms with Crippen LogP contribution in [0.4, 0.5) is 13.2 Å². The minimum absolute atomic E-state index is 0.0870. The fraction of sp³-hybridized carbons (Fsp3) is 0.812. The van der Waals surface area contributed by atoms with Gasteiger partial charge in [0.2, 0.25) is 0 Å². The summed E-state index contributed by atoms with van der Waals surface area (Å²) in [7, 11) is 0. The van der Waals surface area contributed by atoms with E-state index in [1.807, 2.05) is 0 Å². The zero-order chi connectivity index (χ0) is 20.4. The highest BCUT2D eigenvalue weighted by Gasteiger charge is 2.57. The van der Waals surface area contributed by atoms with E-state index in [9.17, 15) is 22.8 Å². The van der Waals surface area contributed by atoms with E-state index >= 15 is 0 Å². The fourth-order valence-electron chi connectivity index (χ4n) is 4.24. The summed E-state index contributed by atoms with van der Waals surface area (Å²) in [5, 5.41) is 25.0. The van der Waals surface area contributed by atoms with E-state index in [2.05, 4.69) is 20.8 Å². The lowest BCUT2D eigenvalue weighted by atomic mass is 9.44. The highest BCUT2D eigenvalue weighted by molar-refractivity contribution is 5.73. The Labute approximate surface area is 148 Å². The number of hydrogen-bond donors (Lipinski definition) is 3. The number of carboxylic acid groups (broad SMARTS) is 3. The van der Waals surface area contributed by atoms with Crippen molar-refractivity contribution in [3.8, 4) is 0 Å². The summed E-state index contributed by atoms with van der Waals surface area (Å²) in [6.07, 6.45) is -2.95. The lowest BCUT2D eigenvalue weighted by Gasteiger charge is -2.63. The van der Waals surface area contributed by atoms with Crippen molar-refractivity contribution in [2.45, 2.75) is 45.8 Å². The number of carboxylic acids is 3. The van der Waals surface area contributed by atoms with Crippen LogP contribution in [0.15, 0.2) is 0 Å². The number of hydrogen-bond acceptors (Lipinski definition) is 4. The fourth-order valence-corrected chi connectivity index (χ4v) is 4.24. The zero-order valence-corrected chi connectivity index (χ0v) is 14.8. The third-order valence-electron chi connectivity index (χ3n) is 5.70. The summed E-state index contributed by atoms with van der Waals surface area (Å²) >= 11 is 0. The van der Waals surface area contributed by atoms with E-state index in [1.54, 1.807) is 4.90 Å². The highest BCUT2D eigenvalue weighted by Crippen LogP contribution is 2.61. The second-order valence-electron chi connectivity index (χ2n) is 7.52. The highest BCUT2D eigenvalue weighted by atomic mass is 19.4. The lowest BCUT2D eigenvalue weighted by molar-refractivity contribution is -0.192. The second-order valence-corrected chi connectivity index (χ2v) is 7.52. The van der Waals surface area contributed by atoms with Crippen LogP contribution in [0.3, 0.4) is 0 Å². The van der Waals surface area contributed by atoms with Crippen LogP contribution in [0.1, 0.15) is 33.6 Å². The molecule has 26 heavy (non-hydrogen) atoms. The minimum atomic E-state index is -5.08. The van der Waals surface area contributed by atoms with Crippen LogP contribution in [0.5, 0.6) is 0 Å². The number of halogens is 3. The maximum absolute atomic E-state index is 10.9. The van der Waals surface area contributed by atoms with Gasteiger partial charge in [0.15, 0.2) is 0 Å². The van der Waals surface area contributed by atoms with Gasteiger partial charge in [-0.2, -0.15) is 13.2 Å². The molecule has 150 valence electrons. The molecule has 3 N–H and O–H groups in total. The molecule has 10 heteroatoms. The molecule has 0 aromatic carbocycles. The molecule has 3 fully saturated rings. The molecule has 0 spiro atoms. The molecule has 2 bridgehead atoms. The molecule has 0 aromatic heterocycles. The Bertz CT molecular complexity index is 547. The minimum Gasteiger partial charge on any atom is -0.480 e. The van der Waals surface area contributed by atoms with Gasteiger partial charge in [-0.25, -0.2) is 4.79 Å². The third kappa shape index (κ3) is 5.09. The van der Waals surface area contributed by atoms with Crippen molar-refractivity contribution in [1.82, 2.24) is 4.90 Å². The van der Waals surface area contributed by atoms with Gasteiger partial charge in [0.25, 0.3) is 0 Å². The van der Waals surface area contributed by atoms with Crippen LogP contribution in [-0.2, 0) is 14.4 Å². The summed E-state index contributed by atoms with van der Waals surface area (Å²) in [6.45, 7) is 6.33. The Balaban J connectivity index is 0.000000412. The Morgan fingerprint density at radius 3 is 1.73 bits per heavy atom. The summed E-state index contributed by atoms with van der Waals surface area (Å²) in [6, 6.07) is 0.0870. The van der Waals surface area contributed by atoms with Crippen molar-refractivity contribution in [3.63, 3.8) is 0 Å². The molecule has 0 saturated heterocycles. The largest absolute Gasteiger partial charge is 0.490 e. The van der Waals surface area contributed by atoms with Gasteiger partial charge in [0.1, 0.15) is 0 Å². The normalized spacial score (nSPS) is 29.2. The molecule has 3 saturated carbocycles. The van der Waals surface area contributed by atoms with Gasteiger partial charge in [0.05, 0.1) is 13.1 Å². The summed E-state index contributed by atoms with van der Waals surface area (Å²) in [4.78, 5) is 32.4. The van der Waals surface area contributed by atoms with Gasteiger partial charge in [-0.05, 0) is 36.0 Å². The number of fused-ring (bicyclic) bond motifs is 2. The zero-order valence-electron chi connectivity index (χ0n) is 14.8. The van der Waals surface area contributed by atoms with E-state index in [0.717, 1.165) is 6.42 Å².